The number of thiophene rings is 1. The van der Waals surface area contributed by atoms with E-state index in [4.69, 9.17) is 0 Å². The van der Waals surface area contributed by atoms with Crippen molar-refractivity contribution in [3.05, 3.63) is 55.9 Å². The van der Waals surface area contributed by atoms with Crippen molar-refractivity contribution in [1.82, 2.24) is 15.1 Å². The minimum Gasteiger partial charge on any atom is -0.321 e. The lowest BCUT2D eigenvalue weighted by atomic mass is 10.1. The minimum atomic E-state index is -0.711. The standard InChI is InChI=1S/C13H8N4O3S2/c14-5-8-7(9-2-1-3-21-9)4-11(18)16-12(8)22-6-10-15-13(19)20-17-10/h1-4H,6H2,(H,16,18)(H,15,17,19). The van der Waals surface area contributed by atoms with E-state index >= 15 is 0 Å². The highest BCUT2D eigenvalue weighted by atomic mass is 32.2. The van der Waals surface area contributed by atoms with E-state index in [9.17, 15) is 14.9 Å². The second-order valence-electron chi connectivity index (χ2n) is 4.16. The summed E-state index contributed by atoms with van der Waals surface area (Å²) in [6.07, 6.45) is 0. The van der Waals surface area contributed by atoms with Gasteiger partial charge in [-0.3, -0.25) is 4.79 Å². The molecule has 0 atom stereocenters. The van der Waals surface area contributed by atoms with Crippen LogP contribution < -0.4 is 11.3 Å². The van der Waals surface area contributed by atoms with Gasteiger partial charge in [-0.15, -0.1) is 11.3 Å². The molecule has 0 radical (unpaired) electrons. The Morgan fingerprint density at radius 2 is 2.32 bits per heavy atom. The van der Waals surface area contributed by atoms with Gasteiger partial charge < -0.3 is 9.51 Å². The fourth-order valence-corrected chi connectivity index (χ4v) is 3.47. The van der Waals surface area contributed by atoms with Gasteiger partial charge in [0.1, 0.15) is 6.07 Å². The fourth-order valence-electron chi connectivity index (χ4n) is 1.84. The van der Waals surface area contributed by atoms with Gasteiger partial charge >= 0.3 is 5.76 Å². The van der Waals surface area contributed by atoms with E-state index < -0.39 is 5.76 Å². The molecule has 0 aliphatic rings. The van der Waals surface area contributed by atoms with Crippen LogP contribution in [0, 0.1) is 11.3 Å². The van der Waals surface area contributed by atoms with E-state index in [0.29, 0.717) is 22.0 Å². The first-order chi connectivity index (χ1) is 10.7. The molecule has 0 fully saturated rings. The fraction of sp³-hybridized carbons (Fsp3) is 0.0769. The predicted molar refractivity (Wildman–Crippen MR) is 81.8 cm³/mol. The molecule has 0 spiro atoms. The Morgan fingerprint density at radius 3 is 2.95 bits per heavy atom. The third kappa shape index (κ3) is 2.88. The van der Waals surface area contributed by atoms with Crippen molar-refractivity contribution < 1.29 is 4.52 Å². The van der Waals surface area contributed by atoms with Crippen molar-refractivity contribution in [2.24, 2.45) is 0 Å². The number of hydrogen-bond acceptors (Lipinski definition) is 7. The molecule has 9 heteroatoms. The SMILES string of the molecule is N#Cc1c(-c2cccs2)cc(=O)[nH]c1SCc1nc(=O)o[nH]1. The van der Waals surface area contributed by atoms with Gasteiger partial charge in [-0.05, 0) is 11.4 Å². The Kier molecular flexibility index (Phi) is 3.95. The van der Waals surface area contributed by atoms with Crippen LogP contribution in [-0.4, -0.2) is 15.1 Å². The monoisotopic (exact) mass is 332 g/mol. The number of hydrogen-bond donors (Lipinski definition) is 2. The van der Waals surface area contributed by atoms with Gasteiger partial charge in [0, 0.05) is 16.5 Å². The average molecular weight is 332 g/mol. The molecule has 0 aliphatic carbocycles. The average Bonchev–Trinajstić information content (AvgIpc) is 3.16. The molecule has 0 saturated carbocycles. The number of thioether (sulfide) groups is 1. The lowest BCUT2D eigenvalue weighted by Crippen LogP contribution is -2.08. The number of nitriles is 1. The summed E-state index contributed by atoms with van der Waals surface area (Å²) in [5, 5.41) is 14.1. The van der Waals surface area contributed by atoms with Crippen LogP contribution in [-0.2, 0) is 5.75 Å². The van der Waals surface area contributed by atoms with Gasteiger partial charge in [0.05, 0.1) is 16.3 Å². The van der Waals surface area contributed by atoms with Crippen LogP contribution in [0.5, 0.6) is 0 Å². The third-order valence-electron chi connectivity index (χ3n) is 2.74. The zero-order chi connectivity index (χ0) is 15.5. The molecule has 0 aromatic carbocycles. The van der Waals surface area contributed by atoms with Gasteiger partial charge in [-0.1, -0.05) is 17.8 Å². The van der Waals surface area contributed by atoms with Crippen LogP contribution in [0.4, 0.5) is 0 Å². The Bertz CT molecular complexity index is 947. The molecule has 110 valence electrons. The Labute approximate surface area is 131 Å². The molecule has 0 saturated heterocycles. The van der Waals surface area contributed by atoms with E-state index in [0.717, 1.165) is 4.88 Å². The summed E-state index contributed by atoms with van der Waals surface area (Å²) in [7, 11) is 0. The maximum absolute atomic E-state index is 11.8. The molecule has 3 aromatic rings. The van der Waals surface area contributed by atoms with Crippen molar-refractivity contribution in [2.45, 2.75) is 10.8 Å². The van der Waals surface area contributed by atoms with Crippen LogP contribution in [0.2, 0.25) is 0 Å². The zero-order valence-electron chi connectivity index (χ0n) is 11.0. The zero-order valence-corrected chi connectivity index (χ0v) is 12.6. The van der Waals surface area contributed by atoms with Crippen LogP contribution in [0.25, 0.3) is 10.4 Å². The molecule has 0 amide bonds. The van der Waals surface area contributed by atoms with E-state index in [1.54, 1.807) is 0 Å². The molecular weight excluding hydrogens is 324 g/mol. The number of aromatic amines is 2. The van der Waals surface area contributed by atoms with E-state index in [2.05, 4.69) is 25.7 Å². The molecule has 22 heavy (non-hydrogen) atoms. The number of aromatic nitrogens is 3. The van der Waals surface area contributed by atoms with Gasteiger partial charge in [0.15, 0.2) is 5.82 Å². The van der Waals surface area contributed by atoms with Crippen molar-refractivity contribution in [3.8, 4) is 16.5 Å². The number of H-pyrrole nitrogens is 2. The van der Waals surface area contributed by atoms with Crippen LogP contribution in [0.3, 0.4) is 0 Å². The quantitative estimate of drug-likeness (QED) is 0.705. The molecule has 2 N–H and O–H groups in total. The second-order valence-corrected chi connectivity index (χ2v) is 6.09. The van der Waals surface area contributed by atoms with Gasteiger partial charge in [0.2, 0.25) is 5.56 Å². The molecule has 3 aromatic heterocycles. The maximum atomic E-state index is 11.8. The molecule has 3 heterocycles. The highest BCUT2D eigenvalue weighted by Crippen LogP contribution is 2.32. The lowest BCUT2D eigenvalue weighted by Gasteiger charge is -2.06. The highest BCUT2D eigenvalue weighted by Gasteiger charge is 2.14. The molecular formula is C13H8N4O3S2. The minimum absolute atomic E-state index is 0.268. The van der Waals surface area contributed by atoms with E-state index in [1.165, 1.54) is 29.2 Å². The van der Waals surface area contributed by atoms with Gasteiger partial charge in [-0.2, -0.15) is 10.2 Å². The molecule has 0 unspecified atom stereocenters. The smallest absolute Gasteiger partial charge is 0.321 e. The highest BCUT2D eigenvalue weighted by molar-refractivity contribution is 7.98. The number of nitrogens with one attached hydrogen (secondary N) is 2. The first-order valence-corrected chi connectivity index (χ1v) is 7.92. The third-order valence-corrected chi connectivity index (χ3v) is 4.66. The number of rotatable bonds is 4. The summed E-state index contributed by atoms with van der Waals surface area (Å²) in [6.45, 7) is 0. The summed E-state index contributed by atoms with van der Waals surface area (Å²) in [6, 6.07) is 7.24. The van der Waals surface area contributed by atoms with Gasteiger partial charge in [0.25, 0.3) is 0 Å². The molecule has 0 aliphatic heterocycles. The second kappa shape index (κ2) is 6.05. The topological polar surface area (TPSA) is 116 Å². The summed E-state index contributed by atoms with van der Waals surface area (Å²) >= 11 is 2.65. The van der Waals surface area contributed by atoms with Crippen LogP contribution in [0.1, 0.15) is 11.4 Å². The largest absolute Gasteiger partial charge is 0.459 e. The normalized spacial score (nSPS) is 10.5. The van der Waals surface area contributed by atoms with Crippen molar-refractivity contribution >= 4 is 23.1 Å². The van der Waals surface area contributed by atoms with Crippen molar-refractivity contribution in [2.75, 3.05) is 0 Å². The maximum Gasteiger partial charge on any atom is 0.459 e. The summed E-state index contributed by atoms with van der Waals surface area (Å²) in [5.74, 6) is -0.109. The Morgan fingerprint density at radius 1 is 1.45 bits per heavy atom. The molecule has 7 nitrogen and oxygen atoms in total. The van der Waals surface area contributed by atoms with Crippen molar-refractivity contribution in [1.29, 1.82) is 5.26 Å². The van der Waals surface area contributed by atoms with Crippen molar-refractivity contribution in [3.63, 3.8) is 0 Å². The predicted octanol–water partition coefficient (Wildman–Crippen LogP) is 1.94. The molecule has 0 bridgehead atoms. The van der Waals surface area contributed by atoms with Crippen LogP contribution >= 0.6 is 23.1 Å². The summed E-state index contributed by atoms with van der Waals surface area (Å²) in [4.78, 5) is 29.8. The van der Waals surface area contributed by atoms with Gasteiger partial charge in [-0.25, -0.2) is 9.95 Å². The first-order valence-electron chi connectivity index (χ1n) is 6.06. The van der Waals surface area contributed by atoms with Crippen LogP contribution in [0.15, 0.2) is 42.7 Å². The number of nitrogens with zero attached hydrogens (tertiary/aromatic N) is 2. The lowest BCUT2D eigenvalue weighted by molar-refractivity contribution is 0.383. The Balaban J connectivity index is 1.98. The van der Waals surface area contributed by atoms with E-state index in [1.807, 2.05) is 17.5 Å². The Hall–Kier alpha value is -2.57. The van der Waals surface area contributed by atoms with E-state index in [-0.39, 0.29) is 11.3 Å². The summed E-state index contributed by atoms with van der Waals surface area (Å²) < 4.78 is 4.48. The first kappa shape index (κ1) is 14.4. The molecule has 3 rings (SSSR count). The summed E-state index contributed by atoms with van der Waals surface area (Å²) in [5.41, 5.74) is 0.689. The number of pyridine rings is 1.